The molecule has 0 aromatic heterocycles. The first-order valence-corrected chi connectivity index (χ1v) is 6.83. The first kappa shape index (κ1) is 17.0. The molecule has 5 heteroatoms. The average Bonchev–Trinajstić information content (AvgIpc) is 2.36. The van der Waals surface area contributed by atoms with Crippen LogP contribution in [0.3, 0.4) is 0 Å². The molecule has 1 N–H and O–H groups in total. The predicted molar refractivity (Wildman–Crippen MR) is 73.6 cm³/mol. The highest BCUT2D eigenvalue weighted by Gasteiger charge is 2.33. The lowest BCUT2D eigenvalue weighted by Crippen LogP contribution is -2.24. The molecule has 0 spiro atoms. The van der Waals surface area contributed by atoms with Gasteiger partial charge < -0.3 is 10.1 Å². The highest BCUT2D eigenvalue weighted by molar-refractivity contribution is 5.31. The molecule has 0 bridgehead atoms. The molecule has 0 aliphatic rings. The largest absolute Gasteiger partial charge is 0.416 e. The molecule has 0 amide bonds. The quantitative estimate of drug-likeness (QED) is 0.761. The van der Waals surface area contributed by atoms with Gasteiger partial charge in [0.15, 0.2) is 0 Å². The minimum absolute atomic E-state index is 0.179. The first-order chi connectivity index (χ1) is 9.32. The third-order valence-electron chi connectivity index (χ3n) is 2.96. The molecule has 1 unspecified atom stereocenters. The highest BCUT2D eigenvalue weighted by atomic mass is 19.4. The van der Waals surface area contributed by atoms with Crippen LogP contribution in [0.5, 0.6) is 0 Å². The fourth-order valence-corrected chi connectivity index (χ4v) is 1.95. The summed E-state index contributed by atoms with van der Waals surface area (Å²) in [5, 5.41) is 3.11. The third kappa shape index (κ3) is 5.51. The van der Waals surface area contributed by atoms with E-state index < -0.39 is 11.7 Å². The van der Waals surface area contributed by atoms with Gasteiger partial charge in [0.2, 0.25) is 0 Å². The summed E-state index contributed by atoms with van der Waals surface area (Å²) in [6.07, 6.45) is -3.36. The van der Waals surface area contributed by atoms with Crippen molar-refractivity contribution in [2.75, 3.05) is 13.2 Å². The second kappa shape index (κ2) is 7.64. The second-order valence-electron chi connectivity index (χ2n) is 5.03. The van der Waals surface area contributed by atoms with E-state index >= 15 is 0 Å². The van der Waals surface area contributed by atoms with Crippen LogP contribution >= 0.6 is 0 Å². The topological polar surface area (TPSA) is 21.3 Å². The molecule has 1 aromatic rings. The van der Waals surface area contributed by atoms with Gasteiger partial charge in [0.1, 0.15) is 0 Å². The molecular formula is C15H22F3NO. The summed E-state index contributed by atoms with van der Waals surface area (Å²) in [5.41, 5.74) is -0.289. The van der Waals surface area contributed by atoms with Gasteiger partial charge in [-0.1, -0.05) is 18.2 Å². The first-order valence-electron chi connectivity index (χ1n) is 6.83. The van der Waals surface area contributed by atoms with Crippen LogP contribution in [0.25, 0.3) is 0 Å². The Kier molecular flexibility index (Phi) is 6.49. The molecule has 1 aromatic carbocycles. The van der Waals surface area contributed by atoms with Crippen LogP contribution < -0.4 is 5.32 Å². The smallest absolute Gasteiger partial charge is 0.379 e. The zero-order chi connectivity index (χ0) is 15.2. The maximum Gasteiger partial charge on any atom is 0.416 e. The van der Waals surface area contributed by atoms with Crippen molar-refractivity contribution in [1.29, 1.82) is 0 Å². The molecule has 1 rings (SSSR count). The summed E-state index contributed by atoms with van der Waals surface area (Å²) in [7, 11) is 0. The third-order valence-corrected chi connectivity index (χ3v) is 2.96. The van der Waals surface area contributed by atoms with E-state index in [2.05, 4.69) is 5.32 Å². The van der Waals surface area contributed by atoms with E-state index in [1.165, 1.54) is 12.1 Å². The normalized spacial score (nSPS) is 13.8. The molecular weight excluding hydrogens is 267 g/mol. The molecule has 20 heavy (non-hydrogen) atoms. The Morgan fingerprint density at radius 1 is 1.15 bits per heavy atom. The van der Waals surface area contributed by atoms with Gasteiger partial charge in [-0.25, -0.2) is 0 Å². The van der Waals surface area contributed by atoms with E-state index in [1.54, 1.807) is 13.0 Å². The SMILES string of the molecule is CC(C)OCCCNC(C)c1ccccc1C(F)(F)F. The summed E-state index contributed by atoms with van der Waals surface area (Å²) >= 11 is 0. The van der Waals surface area contributed by atoms with Crippen LogP contribution in [0, 0.1) is 0 Å². The number of alkyl halides is 3. The molecule has 0 saturated carbocycles. The number of hydrogen-bond acceptors (Lipinski definition) is 2. The fourth-order valence-electron chi connectivity index (χ4n) is 1.95. The van der Waals surface area contributed by atoms with Crippen molar-refractivity contribution < 1.29 is 17.9 Å². The van der Waals surface area contributed by atoms with Crippen LogP contribution in [-0.4, -0.2) is 19.3 Å². The Bertz CT molecular complexity index is 404. The van der Waals surface area contributed by atoms with Gasteiger partial charge in [0, 0.05) is 12.6 Å². The summed E-state index contributed by atoms with van der Waals surface area (Å²) in [5.74, 6) is 0. The van der Waals surface area contributed by atoms with Gasteiger partial charge in [0.25, 0.3) is 0 Å². The van der Waals surface area contributed by atoms with Crippen molar-refractivity contribution in [2.45, 2.75) is 45.5 Å². The lowest BCUT2D eigenvalue weighted by molar-refractivity contribution is -0.138. The summed E-state index contributed by atoms with van der Waals surface area (Å²) in [6.45, 7) is 6.89. The van der Waals surface area contributed by atoms with Crippen molar-refractivity contribution in [1.82, 2.24) is 5.32 Å². The lowest BCUT2D eigenvalue weighted by atomic mass is 10.0. The number of nitrogens with one attached hydrogen (secondary N) is 1. The van der Waals surface area contributed by atoms with E-state index in [1.807, 2.05) is 13.8 Å². The van der Waals surface area contributed by atoms with Crippen LogP contribution in [0.1, 0.15) is 44.4 Å². The second-order valence-corrected chi connectivity index (χ2v) is 5.03. The molecule has 0 radical (unpaired) electrons. The van der Waals surface area contributed by atoms with Gasteiger partial charge in [-0.15, -0.1) is 0 Å². The van der Waals surface area contributed by atoms with Gasteiger partial charge in [0.05, 0.1) is 11.7 Å². The van der Waals surface area contributed by atoms with E-state index in [9.17, 15) is 13.2 Å². The van der Waals surface area contributed by atoms with Crippen molar-refractivity contribution >= 4 is 0 Å². The minimum Gasteiger partial charge on any atom is -0.379 e. The highest BCUT2D eigenvalue weighted by Crippen LogP contribution is 2.34. The zero-order valence-electron chi connectivity index (χ0n) is 12.1. The van der Waals surface area contributed by atoms with Crippen molar-refractivity contribution in [3.63, 3.8) is 0 Å². The number of halogens is 3. The van der Waals surface area contributed by atoms with E-state index in [0.29, 0.717) is 13.2 Å². The Labute approximate surface area is 118 Å². The van der Waals surface area contributed by atoms with Gasteiger partial charge >= 0.3 is 6.18 Å². The molecule has 0 saturated heterocycles. The number of rotatable bonds is 7. The van der Waals surface area contributed by atoms with Gasteiger partial charge in [-0.05, 0) is 45.4 Å². The Morgan fingerprint density at radius 2 is 1.80 bits per heavy atom. The molecule has 0 fully saturated rings. The van der Waals surface area contributed by atoms with Crippen LogP contribution in [0.15, 0.2) is 24.3 Å². The zero-order valence-corrected chi connectivity index (χ0v) is 12.1. The van der Waals surface area contributed by atoms with Crippen molar-refractivity contribution in [3.05, 3.63) is 35.4 Å². The summed E-state index contributed by atoms with van der Waals surface area (Å²) in [4.78, 5) is 0. The Hall–Kier alpha value is -1.07. The van der Waals surface area contributed by atoms with E-state index in [-0.39, 0.29) is 17.7 Å². The number of ether oxygens (including phenoxy) is 1. The molecule has 0 aliphatic carbocycles. The van der Waals surface area contributed by atoms with Gasteiger partial charge in [-0.2, -0.15) is 13.2 Å². The number of hydrogen-bond donors (Lipinski definition) is 1. The Balaban J connectivity index is 2.53. The van der Waals surface area contributed by atoms with Crippen molar-refractivity contribution in [3.8, 4) is 0 Å². The molecule has 114 valence electrons. The predicted octanol–water partition coefficient (Wildman–Crippen LogP) is 4.17. The standard InChI is InChI=1S/C15H22F3NO/c1-11(2)20-10-6-9-19-12(3)13-7-4-5-8-14(13)15(16,17)18/h4-5,7-8,11-12,19H,6,9-10H2,1-3H3. The maximum absolute atomic E-state index is 12.9. The van der Waals surface area contributed by atoms with Crippen LogP contribution in [0.2, 0.25) is 0 Å². The summed E-state index contributed by atoms with van der Waals surface area (Å²) < 4.78 is 44.1. The molecule has 1 atom stereocenters. The van der Waals surface area contributed by atoms with E-state index in [0.717, 1.165) is 12.5 Å². The fraction of sp³-hybridized carbons (Fsp3) is 0.600. The van der Waals surface area contributed by atoms with Crippen LogP contribution in [0.4, 0.5) is 13.2 Å². The lowest BCUT2D eigenvalue weighted by Gasteiger charge is -2.19. The molecule has 0 heterocycles. The maximum atomic E-state index is 12.9. The van der Waals surface area contributed by atoms with Crippen molar-refractivity contribution in [2.24, 2.45) is 0 Å². The monoisotopic (exact) mass is 289 g/mol. The van der Waals surface area contributed by atoms with Crippen LogP contribution in [-0.2, 0) is 10.9 Å². The molecule has 0 aliphatic heterocycles. The number of benzene rings is 1. The summed E-state index contributed by atoms with van der Waals surface area (Å²) in [6, 6.07) is 5.34. The van der Waals surface area contributed by atoms with E-state index in [4.69, 9.17) is 4.74 Å². The van der Waals surface area contributed by atoms with Gasteiger partial charge in [-0.3, -0.25) is 0 Å². The minimum atomic E-state index is -4.31. The molecule has 2 nitrogen and oxygen atoms in total. The Morgan fingerprint density at radius 3 is 2.40 bits per heavy atom. The average molecular weight is 289 g/mol.